The molecule has 0 aliphatic heterocycles. The van der Waals surface area contributed by atoms with Gasteiger partial charge in [0.2, 0.25) is 5.16 Å². The van der Waals surface area contributed by atoms with E-state index in [1.54, 1.807) is 7.05 Å². The summed E-state index contributed by atoms with van der Waals surface area (Å²) < 4.78 is 14.9. The number of carboxylic acids is 1. The molecule has 8 heteroatoms. The number of halogens is 1. The Balaban J connectivity index is 2.45. The number of nitrogens with zero attached hydrogens (tertiary/aromatic N) is 4. The molecule has 0 amide bonds. The number of hydrogen-bond donors (Lipinski definition) is 1. The van der Waals surface area contributed by atoms with Crippen molar-refractivity contribution < 1.29 is 14.3 Å². The van der Waals surface area contributed by atoms with E-state index in [4.69, 9.17) is 5.11 Å². The number of aryl methyl sites for hydroxylation is 1. The fraction of sp³-hybridized carbons (Fsp3) is 0.111. The van der Waals surface area contributed by atoms with Gasteiger partial charge in [-0.15, -0.1) is 5.10 Å². The molecule has 0 radical (unpaired) electrons. The molecule has 88 valence electrons. The maximum atomic E-state index is 13.6. The number of hydrogen-bond acceptors (Lipinski definition) is 5. The number of carbonyl (C=O) groups is 1. The van der Waals surface area contributed by atoms with Gasteiger partial charge in [-0.1, -0.05) is 6.07 Å². The van der Waals surface area contributed by atoms with E-state index < -0.39 is 11.8 Å². The molecule has 0 atom stereocenters. The Bertz CT molecular complexity index is 572. The highest BCUT2D eigenvalue weighted by Crippen LogP contribution is 2.30. The Labute approximate surface area is 99.4 Å². The zero-order chi connectivity index (χ0) is 12.4. The van der Waals surface area contributed by atoms with Crippen LogP contribution in [0.25, 0.3) is 0 Å². The summed E-state index contributed by atoms with van der Waals surface area (Å²) in [6.45, 7) is 0. The third-order valence-corrected chi connectivity index (χ3v) is 3.12. The highest BCUT2D eigenvalue weighted by molar-refractivity contribution is 7.99. The lowest BCUT2D eigenvalue weighted by molar-refractivity contribution is 0.0692. The van der Waals surface area contributed by atoms with Gasteiger partial charge in [-0.05, 0) is 34.3 Å². The number of tetrazole rings is 1. The maximum Gasteiger partial charge on any atom is 0.336 e. The topological polar surface area (TPSA) is 80.9 Å². The molecule has 0 aliphatic carbocycles. The van der Waals surface area contributed by atoms with Crippen LogP contribution in [0, 0.1) is 5.82 Å². The van der Waals surface area contributed by atoms with Crippen LogP contribution >= 0.6 is 11.8 Å². The number of aromatic nitrogens is 4. The van der Waals surface area contributed by atoms with Crippen molar-refractivity contribution in [2.75, 3.05) is 0 Å². The van der Waals surface area contributed by atoms with Gasteiger partial charge in [0.05, 0.1) is 10.5 Å². The van der Waals surface area contributed by atoms with Gasteiger partial charge < -0.3 is 5.11 Å². The number of carboxylic acid groups (broad SMARTS) is 1. The summed E-state index contributed by atoms with van der Waals surface area (Å²) in [7, 11) is 1.59. The fourth-order valence-corrected chi connectivity index (χ4v) is 2.04. The number of benzene rings is 1. The first-order valence-corrected chi connectivity index (χ1v) is 5.33. The Morgan fingerprint density at radius 3 is 2.88 bits per heavy atom. The lowest BCUT2D eigenvalue weighted by Gasteiger charge is -2.05. The van der Waals surface area contributed by atoms with Crippen LogP contribution in [-0.4, -0.2) is 31.3 Å². The minimum Gasteiger partial charge on any atom is -0.478 e. The van der Waals surface area contributed by atoms with Gasteiger partial charge in [0.25, 0.3) is 0 Å². The van der Waals surface area contributed by atoms with E-state index >= 15 is 0 Å². The molecule has 2 aromatic rings. The molecule has 0 saturated heterocycles. The molecule has 0 unspecified atom stereocenters. The SMILES string of the molecule is Cn1nnnc1Sc1c(F)cccc1C(=O)O. The summed E-state index contributed by atoms with van der Waals surface area (Å²) >= 11 is 0.873. The van der Waals surface area contributed by atoms with Crippen molar-refractivity contribution in [1.82, 2.24) is 20.2 Å². The van der Waals surface area contributed by atoms with Crippen molar-refractivity contribution in [2.24, 2.45) is 7.05 Å². The zero-order valence-electron chi connectivity index (χ0n) is 8.66. The zero-order valence-corrected chi connectivity index (χ0v) is 9.48. The summed E-state index contributed by atoms with van der Waals surface area (Å²) in [6.07, 6.45) is 0. The fourth-order valence-electron chi connectivity index (χ4n) is 1.18. The second-order valence-electron chi connectivity index (χ2n) is 3.11. The molecular weight excluding hydrogens is 247 g/mol. The summed E-state index contributed by atoms with van der Waals surface area (Å²) in [5.74, 6) is -1.81. The molecule has 1 aromatic carbocycles. The van der Waals surface area contributed by atoms with Crippen molar-refractivity contribution in [3.63, 3.8) is 0 Å². The van der Waals surface area contributed by atoms with Crippen molar-refractivity contribution in [1.29, 1.82) is 0 Å². The molecule has 2 rings (SSSR count). The monoisotopic (exact) mass is 254 g/mol. The lowest BCUT2D eigenvalue weighted by Crippen LogP contribution is -2.02. The summed E-state index contributed by atoms with van der Waals surface area (Å²) in [4.78, 5) is 10.9. The van der Waals surface area contributed by atoms with Gasteiger partial charge >= 0.3 is 5.97 Å². The Morgan fingerprint density at radius 2 is 2.29 bits per heavy atom. The van der Waals surface area contributed by atoms with Crippen LogP contribution in [0.5, 0.6) is 0 Å². The van der Waals surface area contributed by atoms with E-state index in [0.29, 0.717) is 5.16 Å². The molecule has 0 aliphatic rings. The van der Waals surface area contributed by atoms with Gasteiger partial charge in [-0.2, -0.15) is 0 Å². The quantitative estimate of drug-likeness (QED) is 0.886. The first-order valence-electron chi connectivity index (χ1n) is 4.51. The van der Waals surface area contributed by atoms with Gasteiger partial charge in [0.1, 0.15) is 5.82 Å². The molecule has 1 aromatic heterocycles. The minimum atomic E-state index is -1.19. The molecule has 6 nitrogen and oxygen atoms in total. The van der Waals surface area contributed by atoms with Crippen LogP contribution in [0.15, 0.2) is 28.3 Å². The van der Waals surface area contributed by atoms with Crippen LogP contribution < -0.4 is 0 Å². The molecule has 0 saturated carbocycles. The lowest BCUT2D eigenvalue weighted by atomic mass is 10.2. The molecule has 1 heterocycles. The first-order chi connectivity index (χ1) is 8.09. The van der Waals surface area contributed by atoms with Gasteiger partial charge in [-0.25, -0.2) is 13.9 Å². The van der Waals surface area contributed by atoms with Crippen LogP contribution in [0.3, 0.4) is 0 Å². The van der Waals surface area contributed by atoms with Crippen LogP contribution in [-0.2, 0) is 7.05 Å². The van der Waals surface area contributed by atoms with E-state index in [0.717, 1.165) is 11.8 Å². The predicted octanol–water partition coefficient (Wildman–Crippen LogP) is 1.20. The third-order valence-electron chi connectivity index (χ3n) is 1.97. The number of aromatic carboxylic acids is 1. The van der Waals surface area contributed by atoms with E-state index in [1.807, 2.05) is 0 Å². The van der Waals surface area contributed by atoms with Crippen LogP contribution in [0.4, 0.5) is 4.39 Å². The van der Waals surface area contributed by atoms with Crippen LogP contribution in [0.2, 0.25) is 0 Å². The molecule has 17 heavy (non-hydrogen) atoms. The third kappa shape index (κ3) is 2.26. The normalized spacial score (nSPS) is 10.5. The van der Waals surface area contributed by atoms with Gasteiger partial charge in [0, 0.05) is 7.05 Å². The molecule has 0 fully saturated rings. The molecular formula is C9H7FN4O2S. The van der Waals surface area contributed by atoms with Gasteiger partial charge in [-0.3, -0.25) is 0 Å². The van der Waals surface area contributed by atoms with Crippen molar-refractivity contribution in [2.45, 2.75) is 10.1 Å². The number of rotatable bonds is 3. The van der Waals surface area contributed by atoms with E-state index in [-0.39, 0.29) is 10.5 Å². The van der Waals surface area contributed by atoms with Gasteiger partial charge in [0.15, 0.2) is 0 Å². The smallest absolute Gasteiger partial charge is 0.336 e. The molecule has 1 N–H and O–H groups in total. The van der Waals surface area contributed by atoms with E-state index in [2.05, 4.69) is 15.5 Å². The van der Waals surface area contributed by atoms with Crippen LogP contribution in [0.1, 0.15) is 10.4 Å². The van der Waals surface area contributed by atoms with Crippen molar-refractivity contribution in [3.05, 3.63) is 29.6 Å². The maximum absolute atomic E-state index is 13.6. The average Bonchev–Trinajstić information content (AvgIpc) is 2.67. The second kappa shape index (κ2) is 4.50. The Hall–Kier alpha value is -1.96. The Kier molecular flexibility index (Phi) is 3.05. The van der Waals surface area contributed by atoms with Crippen molar-refractivity contribution in [3.8, 4) is 0 Å². The highest BCUT2D eigenvalue weighted by atomic mass is 32.2. The van der Waals surface area contributed by atoms with Crippen molar-refractivity contribution >= 4 is 17.7 Å². The highest BCUT2D eigenvalue weighted by Gasteiger charge is 2.17. The predicted molar refractivity (Wildman–Crippen MR) is 56.3 cm³/mol. The standard InChI is InChI=1S/C9H7FN4O2S/c1-14-9(11-12-13-14)17-7-5(8(15)16)3-2-4-6(7)10/h2-4H,1H3,(H,15,16). The summed E-state index contributed by atoms with van der Waals surface area (Å²) in [6, 6.07) is 3.87. The largest absolute Gasteiger partial charge is 0.478 e. The van der Waals surface area contributed by atoms with E-state index in [9.17, 15) is 9.18 Å². The first kappa shape index (κ1) is 11.5. The molecule has 0 bridgehead atoms. The summed E-state index contributed by atoms with van der Waals surface area (Å²) in [5.41, 5.74) is -0.113. The molecule has 0 spiro atoms. The second-order valence-corrected chi connectivity index (χ2v) is 4.09. The Morgan fingerprint density at radius 1 is 1.53 bits per heavy atom. The average molecular weight is 254 g/mol. The summed E-state index contributed by atoms with van der Waals surface area (Å²) in [5, 5.41) is 19.9. The minimum absolute atomic E-state index is 0.00194. The van der Waals surface area contributed by atoms with E-state index in [1.165, 1.54) is 22.9 Å².